The van der Waals surface area contributed by atoms with Crippen molar-refractivity contribution in [1.29, 1.82) is 0 Å². The molecular weight excluding hydrogens is 329 g/mol. The zero-order valence-corrected chi connectivity index (χ0v) is 13.2. The van der Waals surface area contributed by atoms with Gasteiger partial charge >= 0.3 is 5.63 Å². The molecule has 0 bridgehead atoms. The first-order valence-corrected chi connectivity index (χ1v) is 7.35. The van der Waals surface area contributed by atoms with Crippen molar-refractivity contribution in [2.45, 2.75) is 0 Å². The van der Waals surface area contributed by atoms with Crippen LogP contribution in [0.25, 0.3) is 11.0 Å². The Kier molecular flexibility index (Phi) is 4.65. The van der Waals surface area contributed by atoms with Gasteiger partial charge in [-0.25, -0.2) is 9.18 Å². The van der Waals surface area contributed by atoms with E-state index in [0.29, 0.717) is 17.0 Å². The van der Waals surface area contributed by atoms with Crippen LogP contribution < -0.4 is 20.4 Å². The smallest absolute Gasteiger partial charge is 0.336 e. The standard InChI is InChI=1S/C18H14FNO5/c1-23-16-8-12(19)4-6-14(16)20-17(21)10-24-13-5-2-11-3-7-18(22)25-15(11)9-13/h2-9H,10H2,1H3,(H,20,21). The molecule has 3 aromatic rings. The molecule has 3 rings (SSSR count). The molecule has 0 aliphatic heterocycles. The molecule has 0 unspecified atom stereocenters. The molecule has 128 valence electrons. The van der Waals surface area contributed by atoms with E-state index in [1.54, 1.807) is 18.2 Å². The van der Waals surface area contributed by atoms with Crippen molar-refractivity contribution in [3.05, 3.63) is 64.8 Å². The topological polar surface area (TPSA) is 77.8 Å². The fourth-order valence-corrected chi connectivity index (χ4v) is 2.23. The molecule has 0 saturated heterocycles. The van der Waals surface area contributed by atoms with Gasteiger partial charge in [-0.15, -0.1) is 0 Å². The number of hydrogen-bond acceptors (Lipinski definition) is 5. The van der Waals surface area contributed by atoms with Crippen molar-refractivity contribution in [2.24, 2.45) is 0 Å². The molecule has 0 spiro atoms. The third-order valence-corrected chi connectivity index (χ3v) is 3.40. The largest absolute Gasteiger partial charge is 0.494 e. The van der Waals surface area contributed by atoms with Crippen LogP contribution in [-0.2, 0) is 4.79 Å². The van der Waals surface area contributed by atoms with Crippen LogP contribution >= 0.6 is 0 Å². The van der Waals surface area contributed by atoms with E-state index in [2.05, 4.69) is 5.32 Å². The van der Waals surface area contributed by atoms with Gasteiger partial charge in [-0.1, -0.05) is 0 Å². The number of carbonyl (C=O) groups excluding carboxylic acids is 1. The number of anilines is 1. The van der Waals surface area contributed by atoms with Gasteiger partial charge in [0.15, 0.2) is 6.61 Å². The summed E-state index contributed by atoms with van der Waals surface area (Å²) < 4.78 is 28.6. The average Bonchev–Trinajstić information content (AvgIpc) is 2.61. The zero-order chi connectivity index (χ0) is 17.8. The van der Waals surface area contributed by atoms with E-state index in [1.165, 1.54) is 37.4 Å². The van der Waals surface area contributed by atoms with Crippen LogP contribution in [-0.4, -0.2) is 19.6 Å². The zero-order valence-electron chi connectivity index (χ0n) is 13.2. The highest BCUT2D eigenvalue weighted by Crippen LogP contribution is 2.25. The van der Waals surface area contributed by atoms with Gasteiger partial charge in [-0.05, 0) is 30.3 Å². The first-order valence-electron chi connectivity index (χ1n) is 7.35. The van der Waals surface area contributed by atoms with E-state index in [-0.39, 0.29) is 12.4 Å². The average molecular weight is 343 g/mol. The summed E-state index contributed by atoms with van der Waals surface area (Å²) in [5.41, 5.74) is 0.235. The van der Waals surface area contributed by atoms with Gasteiger partial charge in [-0.3, -0.25) is 4.79 Å². The first-order chi connectivity index (χ1) is 12.0. The molecule has 1 amide bonds. The van der Waals surface area contributed by atoms with Crippen molar-refractivity contribution in [2.75, 3.05) is 19.0 Å². The molecule has 1 N–H and O–H groups in total. The van der Waals surface area contributed by atoms with Gasteiger partial charge in [0.05, 0.1) is 12.8 Å². The van der Waals surface area contributed by atoms with Gasteiger partial charge in [0.2, 0.25) is 0 Å². The Balaban J connectivity index is 1.67. The summed E-state index contributed by atoms with van der Waals surface area (Å²) in [5, 5.41) is 3.32. The van der Waals surface area contributed by atoms with Gasteiger partial charge in [-0.2, -0.15) is 0 Å². The van der Waals surface area contributed by atoms with Crippen LogP contribution in [0.3, 0.4) is 0 Å². The minimum atomic E-state index is -0.469. The fourth-order valence-electron chi connectivity index (χ4n) is 2.23. The Labute approximate surface area is 141 Å². The van der Waals surface area contributed by atoms with E-state index >= 15 is 0 Å². The molecule has 0 radical (unpaired) electrons. The Bertz CT molecular complexity index is 983. The third kappa shape index (κ3) is 3.95. The lowest BCUT2D eigenvalue weighted by Crippen LogP contribution is -2.20. The number of carbonyl (C=O) groups is 1. The Morgan fingerprint density at radius 2 is 1.96 bits per heavy atom. The highest BCUT2D eigenvalue weighted by atomic mass is 19.1. The summed E-state index contributed by atoms with van der Waals surface area (Å²) in [4.78, 5) is 23.2. The summed E-state index contributed by atoms with van der Waals surface area (Å²) in [5.74, 6) is -0.327. The molecule has 7 heteroatoms. The maximum Gasteiger partial charge on any atom is 0.336 e. The summed E-state index contributed by atoms with van der Waals surface area (Å²) in [6.07, 6.45) is 0. The van der Waals surface area contributed by atoms with Crippen molar-refractivity contribution < 1.29 is 23.1 Å². The predicted octanol–water partition coefficient (Wildman–Crippen LogP) is 2.96. The number of benzene rings is 2. The lowest BCUT2D eigenvalue weighted by Gasteiger charge is -2.11. The quantitative estimate of drug-likeness (QED) is 0.721. The maximum absolute atomic E-state index is 13.1. The molecule has 0 fully saturated rings. The summed E-state index contributed by atoms with van der Waals surface area (Å²) >= 11 is 0. The number of hydrogen-bond donors (Lipinski definition) is 1. The molecule has 1 aromatic heterocycles. The fraction of sp³-hybridized carbons (Fsp3) is 0.111. The van der Waals surface area contributed by atoms with Crippen molar-refractivity contribution >= 4 is 22.6 Å². The molecular formula is C18H14FNO5. The Morgan fingerprint density at radius 1 is 1.16 bits per heavy atom. The molecule has 6 nitrogen and oxygen atoms in total. The lowest BCUT2D eigenvalue weighted by atomic mass is 10.2. The van der Waals surface area contributed by atoms with Gasteiger partial charge in [0, 0.05) is 23.6 Å². The van der Waals surface area contributed by atoms with Gasteiger partial charge in [0.1, 0.15) is 22.9 Å². The molecule has 0 aliphatic carbocycles. The molecule has 25 heavy (non-hydrogen) atoms. The number of halogens is 1. The monoisotopic (exact) mass is 343 g/mol. The summed E-state index contributed by atoms with van der Waals surface area (Å²) in [6.45, 7) is -0.275. The molecule has 2 aromatic carbocycles. The first kappa shape index (κ1) is 16.5. The number of rotatable bonds is 5. The van der Waals surface area contributed by atoms with Crippen LogP contribution in [0.4, 0.5) is 10.1 Å². The minimum absolute atomic E-state index is 0.209. The van der Waals surface area contributed by atoms with Crippen LogP contribution in [0.2, 0.25) is 0 Å². The predicted molar refractivity (Wildman–Crippen MR) is 89.6 cm³/mol. The molecule has 0 atom stereocenters. The number of amides is 1. The molecule has 1 heterocycles. The number of methoxy groups -OCH3 is 1. The van der Waals surface area contributed by atoms with Crippen LogP contribution in [0, 0.1) is 5.82 Å². The highest BCUT2D eigenvalue weighted by Gasteiger charge is 2.10. The lowest BCUT2D eigenvalue weighted by molar-refractivity contribution is -0.118. The van der Waals surface area contributed by atoms with E-state index in [1.807, 2.05) is 0 Å². The number of ether oxygens (including phenoxy) is 2. The number of nitrogens with one attached hydrogen (secondary N) is 1. The summed E-state index contributed by atoms with van der Waals surface area (Å²) in [7, 11) is 1.38. The SMILES string of the molecule is COc1cc(F)ccc1NC(=O)COc1ccc2ccc(=O)oc2c1. The normalized spacial score (nSPS) is 10.5. The number of fused-ring (bicyclic) bond motifs is 1. The minimum Gasteiger partial charge on any atom is -0.494 e. The van der Waals surface area contributed by atoms with Crippen molar-refractivity contribution in [1.82, 2.24) is 0 Å². The molecule has 0 aliphatic rings. The van der Waals surface area contributed by atoms with Crippen LogP contribution in [0.15, 0.2) is 57.7 Å². The third-order valence-electron chi connectivity index (χ3n) is 3.40. The van der Waals surface area contributed by atoms with E-state index in [4.69, 9.17) is 13.9 Å². The van der Waals surface area contributed by atoms with Crippen LogP contribution in [0.5, 0.6) is 11.5 Å². The van der Waals surface area contributed by atoms with Crippen LogP contribution in [0.1, 0.15) is 0 Å². The second-order valence-corrected chi connectivity index (χ2v) is 5.14. The Hall–Kier alpha value is -3.35. The molecule has 0 saturated carbocycles. The van der Waals surface area contributed by atoms with E-state index in [0.717, 1.165) is 5.39 Å². The highest BCUT2D eigenvalue weighted by molar-refractivity contribution is 5.93. The van der Waals surface area contributed by atoms with Gasteiger partial charge < -0.3 is 19.2 Å². The second-order valence-electron chi connectivity index (χ2n) is 5.14. The summed E-state index contributed by atoms with van der Waals surface area (Å²) in [6, 6.07) is 11.7. The van der Waals surface area contributed by atoms with Crippen molar-refractivity contribution in [3.63, 3.8) is 0 Å². The van der Waals surface area contributed by atoms with Gasteiger partial charge in [0.25, 0.3) is 5.91 Å². The van der Waals surface area contributed by atoms with Crippen molar-refractivity contribution in [3.8, 4) is 11.5 Å². The van der Waals surface area contributed by atoms with E-state index in [9.17, 15) is 14.0 Å². The second kappa shape index (κ2) is 7.04. The van der Waals surface area contributed by atoms with E-state index < -0.39 is 17.3 Å². The Morgan fingerprint density at radius 3 is 2.76 bits per heavy atom. The maximum atomic E-state index is 13.1.